The maximum absolute atomic E-state index is 4.64. The Hall–Kier alpha value is -5.85. The third-order valence-electron chi connectivity index (χ3n) is 11.1. The summed E-state index contributed by atoms with van der Waals surface area (Å²) in [5.74, 6) is 2.33. The zero-order chi connectivity index (χ0) is 44.5. The van der Waals surface area contributed by atoms with Gasteiger partial charge in [0.15, 0.2) is 0 Å². The molecule has 0 radical (unpaired) electrons. The van der Waals surface area contributed by atoms with Gasteiger partial charge in [0.05, 0.1) is 23.0 Å². The first kappa shape index (κ1) is 46.6. The van der Waals surface area contributed by atoms with Gasteiger partial charge >= 0.3 is 21.1 Å². The first-order valence-corrected chi connectivity index (χ1v) is 21.3. The molecule has 324 valence electrons. The predicted molar refractivity (Wildman–Crippen MR) is 254 cm³/mol. The summed E-state index contributed by atoms with van der Waals surface area (Å²) in [7, 11) is 0. The molecule has 8 rings (SSSR count). The van der Waals surface area contributed by atoms with Gasteiger partial charge in [-0.25, -0.2) is 0 Å². The average molecular weight is 1010 g/mol. The van der Waals surface area contributed by atoms with E-state index in [-0.39, 0.29) is 42.7 Å². The van der Waals surface area contributed by atoms with E-state index in [1.54, 1.807) is 12.4 Å². The van der Waals surface area contributed by atoms with Crippen LogP contribution in [0.5, 0.6) is 0 Å². The molecule has 8 nitrogen and oxygen atoms in total. The largest absolute Gasteiger partial charge is 2.00 e. The van der Waals surface area contributed by atoms with Crippen LogP contribution in [0.15, 0.2) is 134 Å². The standard InChI is InChI=1S/2C27H29N4.Pt/c2*1-26(2,3)21-11-7-18(8-12-21)20-15-16-28-23(17-20)25-29-24(30-31-25)19-9-13-22(14-10-19)27(4,5)6;/h2*7-17H,1-6H3;/q2*-1;+2. The maximum atomic E-state index is 4.64. The van der Waals surface area contributed by atoms with E-state index in [1.165, 1.54) is 22.3 Å². The molecule has 0 N–H and O–H groups in total. The average Bonchev–Trinajstić information content (AvgIpc) is 3.95. The monoisotopic (exact) mass is 1010 g/mol. The fraction of sp³-hybridized carbons (Fsp3) is 0.296. The van der Waals surface area contributed by atoms with Crippen LogP contribution in [0.25, 0.3) is 68.1 Å². The normalized spacial score (nSPS) is 12.0. The van der Waals surface area contributed by atoms with Crippen molar-refractivity contribution in [3.63, 3.8) is 0 Å². The Bertz CT molecular complexity index is 2540. The van der Waals surface area contributed by atoms with Crippen molar-refractivity contribution in [2.75, 3.05) is 0 Å². The number of rotatable bonds is 6. The van der Waals surface area contributed by atoms with Crippen molar-refractivity contribution in [3.8, 4) is 68.1 Å². The summed E-state index contributed by atoms with van der Waals surface area (Å²) in [6.45, 7) is 26.6. The van der Waals surface area contributed by atoms with Gasteiger partial charge in [-0.1, -0.05) is 180 Å². The summed E-state index contributed by atoms with van der Waals surface area (Å²) < 4.78 is 0. The van der Waals surface area contributed by atoms with Crippen LogP contribution in [0.2, 0.25) is 0 Å². The molecule has 8 aromatic rings. The molecule has 0 spiro atoms. The molecule has 4 aromatic heterocycles. The van der Waals surface area contributed by atoms with Gasteiger partial charge in [-0.3, -0.25) is 20.2 Å². The van der Waals surface area contributed by atoms with Gasteiger partial charge in [0, 0.05) is 12.4 Å². The Morgan fingerprint density at radius 2 is 0.603 bits per heavy atom. The van der Waals surface area contributed by atoms with Crippen molar-refractivity contribution in [2.45, 2.75) is 105 Å². The summed E-state index contributed by atoms with van der Waals surface area (Å²) in [4.78, 5) is 18.2. The minimum absolute atomic E-state index is 0. The Morgan fingerprint density at radius 1 is 0.333 bits per heavy atom. The summed E-state index contributed by atoms with van der Waals surface area (Å²) >= 11 is 0. The molecule has 63 heavy (non-hydrogen) atoms. The van der Waals surface area contributed by atoms with Crippen molar-refractivity contribution >= 4 is 0 Å². The summed E-state index contributed by atoms with van der Waals surface area (Å²) in [5, 5.41) is 17.2. The van der Waals surface area contributed by atoms with Crippen molar-refractivity contribution in [2.24, 2.45) is 0 Å². The summed E-state index contributed by atoms with van der Waals surface area (Å²) in [6.07, 6.45) is 3.60. The van der Waals surface area contributed by atoms with E-state index < -0.39 is 0 Å². The maximum Gasteiger partial charge on any atom is 2.00 e. The predicted octanol–water partition coefficient (Wildman–Crippen LogP) is 12.8. The van der Waals surface area contributed by atoms with E-state index in [2.05, 4.69) is 220 Å². The van der Waals surface area contributed by atoms with Gasteiger partial charge in [-0.2, -0.15) is 0 Å². The molecule has 0 atom stereocenters. The van der Waals surface area contributed by atoms with Crippen LogP contribution < -0.4 is 10.2 Å². The van der Waals surface area contributed by atoms with E-state index in [0.29, 0.717) is 23.3 Å². The molecule has 0 bridgehead atoms. The van der Waals surface area contributed by atoms with Crippen LogP contribution in [0.4, 0.5) is 0 Å². The topological polar surface area (TPSA) is 106 Å². The van der Waals surface area contributed by atoms with E-state index in [0.717, 1.165) is 44.8 Å². The van der Waals surface area contributed by atoms with Crippen LogP contribution >= 0.6 is 0 Å². The van der Waals surface area contributed by atoms with Gasteiger partial charge in [-0.05, 0) is 113 Å². The van der Waals surface area contributed by atoms with Gasteiger partial charge in [0.1, 0.15) is 0 Å². The first-order valence-electron chi connectivity index (χ1n) is 21.3. The second kappa shape index (κ2) is 18.5. The van der Waals surface area contributed by atoms with Crippen LogP contribution in [0, 0.1) is 0 Å². The molecule has 4 heterocycles. The third kappa shape index (κ3) is 11.4. The fourth-order valence-electron chi connectivity index (χ4n) is 6.97. The van der Waals surface area contributed by atoms with Crippen molar-refractivity contribution in [1.82, 2.24) is 40.3 Å². The van der Waals surface area contributed by atoms with Crippen LogP contribution in [0.1, 0.15) is 105 Å². The number of hydrogen-bond acceptors (Lipinski definition) is 6. The molecule has 0 aliphatic heterocycles. The zero-order valence-corrected chi connectivity index (χ0v) is 40.9. The van der Waals surface area contributed by atoms with E-state index >= 15 is 0 Å². The number of aromatic nitrogens is 8. The fourth-order valence-corrected chi connectivity index (χ4v) is 6.97. The van der Waals surface area contributed by atoms with Gasteiger partial charge in [0.2, 0.25) is 0 Å². The second-order valence-corrected chi connectivity index (χ2v) is 20.1. The van der Waals surface area contributed by atoms with Crippen molar-refractivity contribution in [3.05, 3.63) is 156 Å². The van der Waals surface area contributed by atoms with Gasteiger partial charge in [-0.15, -0.1) is 0 Å². The molecule has 0 unspecified atom stereocenters. The number of benzene rings is 4. The quantitative estimate of drug-likeness (QED) is 0.162. The first-order chi connectivity index (χ1) is 29.2. The molecule has 9 heteroatoms. The van der Waals surface area contributed by atoms with Gasteiger partial charge in [0.25, 0.3) is 0 Å². The SMILES string of the molecule is CC(C)(C)c1ccc(-c2ccnc(-c3n[n-]c(-c4ccc(C(C)(C)C)cc4)n3)c2)cc1.CC(C)(C)c1ccc(-c2ccnc(-c3n[n-]c(-c4ccc(C(C)(C)C)cc4)n3)c2)cc1.[Pt+2]. The minimum Gasteiger partial charge on any atom is -0.417 e. The molecular weight excluding hydrogens is 956 g/mol. The Labute approximate surface area is 388 Å². The van der Waals surface area contributed by atoms with Crippen LogP contribution in [0.3, 0.4) is 0 Å². The third-order valence-corrected chi connectivity index (χ3v) is 11.1. The van der Waals surface area contributed by atoms with Crippen LogP contribution in [-0.4, -0.2) is 30.1 Å². The molecule has 0 aliphatic carbocycles. The van der Waals surface area contributed by atoms with E-state index in [4.69, 9.17) is 0 Å². The number of nitrogens with zero attached hydrogens (tertiary/aromatic N) is 8. The van der Waals surface area contributed by atoms with E-state index in [9.17, 15) is 0 Å². The molecular formula is C54H58N8Pt. The molecule has 0 amide bonds. The Balaban J connectivity index is 0.000000206. The summed E-state index contributed by atoms with van der Waals surface area (Å²) in [6, 6.07) is 42.2. The van der Waals surface area contributed by atoms with Crippen molar-refractivity contribution in [1.29, 1.82) is 0 Å². The molecule has 0 fully saturated rings. The smallest absolute Gasteiger partial charge is 0.417 e. The molecule has 0 aliphatic rings. The molecule has 0 saturated heterocycles. The Morgan fingerprint density at radius 3 is 0.873 bits per heavy atom. The molecule has 4 aromatic carbocycles. The van der Waals surface area contributed by atoms with Crippen molar-refractivity contribution < 1.29 is 21.1 Å². The minimum atomic E-state index is 0. The number of pyridine rings is 2. The zero-order valence-electron chi connectivity index (χ0n) is 38.6. The number of hydrogen-bond donors (Lipinski definition) is 0. The second-order valence-electron chi connectivity index (χ2n) is 20.1. The molecule has 0 saturated carbocycles. The van der Waals surface area contributed by atoms with E-state index in [1.807, 2.05) is 24.3 Å². The van der Waals surface area contributed by atoms with Gasteiger partial charge < -0.3 is 20.2 Å². The summed E-state index contributed by atoms with van der Waals surface area (Å²) in [5.41, 5.74) is 13.5. The van der Waals surface area contributed by atoms with Crippen LogP contribution in [-0.2, 0) is 42.7 Å². The Kier molecular flexibility index (Phi) is 13.7.